The zero-order valence-corrected chi connectivity index (χ0v) is 14.6. The molecule has 1 aromatic rings. The lowest BCUT2D eigenvalue weighted by atomic mass is 10.0. The molecule has 10 heteroatoms. The normalized spacial score (nSPS) is 12.8. The van der Waals surface area contributed by atoms with Gasteiger partial charge in [0.1, 0.15) is 0 Å². The first kappa shape index (κ1) is 20.8. The average molecular weight is 364 g/mol. The monoisotopic (exact) mass is 364 g/mol. The molecule has 0 bridgehead atoms. The highest BCUT2D eigenvalue weighted by Crippen LogP contribution is 2.30. The summed E-state index contributed by atoms with van der Waals surface area (Å²) in [4.78, 5) is 23.6. The summed E-state index contributed by atoms with van der Waals surface area (Å²) < 4.78 is 44.5. The largest absolute Gasteiger partial charge is 0.450 e. The number of halogens is 3. The lowest BCUT2D eigenvalue weighted by Crippen LogP contribution is -2.44. The minimum absolute atomic E-state index is 0.0258. The van der Waals surface area contributed by atoms with Gasteiger partial charge in [-0.25, -0.2) is 4.79 Å². The fourth-order valence-electron chi connectivity index (χ4n) is 2.28. The van der Waals surface area contributed by atoms with E-state index in [-0.39, 0.29) is 19.1 Å². The number of rotatable bonds is 7. The highest BCUT2D eigenvalue weighted by atomic mass is 19.4. The topological polar surface area (TPSA) is 85.3 Å². The number of aromatic nitrogens is 2. The van der Waals surface area contributed by atoms with Crippen LogP contribution in [0.15, 0.2) is 6.20 Å². The second kappa shape index (κ2) is 8.72. The van der Waals surface area contributed by atoms with E-state index < -0.39 is 35.5 Å². The molecule has 142 valence electrons. The number of carbonyl (C=O) groups excluding carboxylic acids is 2. The Morgan fingerprint density at radius 3 is 2.52 bits per heavy atom. The molecule has 0 saturated heterocycles. The molecule has 7 nitrogen and oxygen atoms in total. The summed E-state index contributed by atoms with van der Waals surface area (Å²) >= 11 is 0. The first-order valence-corrected chi connectivity index (χ1v) is 7.86. The molecule has 2 amide bonds. The molecule has 0 aliphatic rings. The Hall–Kier alpha value is -2.26. The lowest BCUT2D eigenvalue weighted by Gasteiger charge is -2.20. The van der Waals surface area contributed by atoms with Gasteiger partial charge in [-0.15, -0.1) is 0 Å². The fraction of sp³-hybridized carbons (Fsp3) is 0.667. The molecule has 1 unspecified atom stereocenters. The van der Waals surface area contributed by atoms with Crippen LogP contribution in [0.4, 0.5) is 18.0 Å². The second-order valence-electron chi connectivity index (χ2n) is 5.96. The number of hydrogen-bond acceptors (Lipinski definition) is 4. The fourth-order valence-corrected chi connectivity index (χ4v) is 2.28. The summed E-state index contributed by atoms with van der Waals surface area (Å²) in [5.74, 6) is -0.701. The molecule has 1 heterocycles. The van der Waals surface area contributed by atoms with Gasteiger partial charge < -0.3 is 15.4 Å². The van der Waals surface area contributed by atoms with Gasteiger partial charge >= 0.3 is 12.3 Å². The van der Waals surface area contributed by atoms with Crippen LogP contribution in [0.2, 0.25) is 0 Å². The molecule has 2 N–H and O–H groups in total. The number of alkyl halides is 3. The van der Waals surface area contributed by atoms with Crippen molar-refractivity contribution in [2.75, 3.05) is 13.2 Å². The zero-order valence-electron chi connectivity index (χ0n) is 14.6. The summed E-state index contributed by atoms with van der Waals surface area (Å²) in [7, 11) is 1.30. The van der Waals surface area contributed by atoms with Crippen molar-refractivity contribution < 1.29 is 27.5 Å². The Bertz CT molecular complexity index is 599. The molecular weight excluding hydrogens is 341 g/mol. The van der Waals surface area contributed by atoms with Crippen molar-refractivity contribution in [3.05, 3.63) is 17.5 Å². The van der Waals surface area contributed by atoms with Crippen LogP contribution >= 0.6 is 0 Å². The van der Waals surface area contributed by atoms with Crippen molar-refractivity contribution in [1.82, 2.24) is 20.4 Å². The Morgan fingerprint density at radius 2 is 2.00 bits per heavy atom. The highest BCUT2D eigenvalue weighted by Gasteiger charge is 2.39. The van der Waals surface area contributed by atoms with E-state index >= 15 is 0 Å². The highest BCUT2D eigenvalue weighted by molar-refractivity contribution is 5.95. The van der Waals surface area contributed by atoms with E-state index in [1.165, 1.54) is 7.05 Å². The maximum Gasteiger partial charge on any atom is 0.435 e. The number of nitrogens with one attached hydrogen (secondary N) is 2. The number of ether oxygens (including phenoxy) is 1. The maximum atomic E-state index is 12.9. The molecule has 0 spiro atoms. The van der Waals surface area contributed by atoms with E-state index in [9.17, 15) is 22.8 Å². The van der Waals surface area contributed by atoms with Crippen molar-refractivity contribution in [3.8, 4) is 0 Å². The van der Waals surface area contributed by atoms with Crippen molar-refractivity contribution in [2.45, 2.75) is 39.4 Å². The van der Waals surface area contributed by atoms with Crippen LogP contribution in [-0.4, -0.2) is 41.0 Å². The Kier molecular flexibility index (Phi) is 7.25. The summed E-state index contributed by atoms with van der Waals surface area (Å²) in [6.45, 7) is 5.66. The second-order valence-corrected chi connectivity index (χ2v) is 5.96. The van der Waals surface area contributed by atoms with Gasteiger partial charge in [-0.2, -0.15) is 18.3 Å². The summed E-state index contributed by atoms with van der Waals surface area (Å²) in [6.07, 6.45) is -3.83. The van der Waals surface area contributed by atoms with Crippen LogP contribution in [0.25, 0.3) is 0 Å². The van der Waals surface area contributed by atoms with E-state index in [4.69, 9.17) is 4.74 Å². The van der Waals surface area contributed by atoms with Gasteiger partial charge in [-0.05, 0) is 19.3 Å². The lowest BCUT2D eigenvalue weighted by molar-refractivity contribution is -0.141. The van der Waals surface area contributed by atoms with Crippen molar-refractivity contribution in [1.29, 1.82) is 0 Å². The van der Waals surface area contributed by atoms with Crippen molar-refractivity contribution >= 4 is 12.0 Å². The Labute approximate surface area is 143 Å². The van der Waals surface area contributed by atoms with E-state index in [2.05, 4.69) is 15.7 Å². The average Bonchev–Trinajstić information content (AvgIpc) is 2.86. The molecule has 0 aromatic carbocycles. The van der Waals surface area contributed by atoms with Gasteiger partial charge in [-0.3, -0.25) is 9.48 Å². The van der Waals surface area contributed by atoms with Gasteiger partial charge in [0.25, 0.3) is 5.91 Å². The van der Waals surface area contributed by atoms with Crippen LogP contribution < -0.4 is 10.6 Å². The minimum Gasteiger partial charge on any atom is -0.450 e. The van der Waals surface area contributed by atoms with Crippen LogP contribution in [0.1, 0.15) is 43.2 Å². The number of aryl methyl sites for hydroxylation is 1. The van der Waals surface area contributed by atoms with Crippen LogP contribution in [-0.2, 0) is 18.0 Å². The number of amides is 2. The smallest absolute Gasteiger partial charge is 0.435 e. The third-order valence-corrected chi connectivity index (χ3v) is 3.20. The first-order valence-electron chi connectivity index (χ1n) is 7.86. The standard InChI is InChI=1S/C15H23F3N4O3/c1-5-25-14(24)20-10(6-9(2)3)7-19-13(23)11-8-22(4)21-12(11)15(16,17)18/h8-10H,5-7H2,1-4H3,(H,19,23)(H,20,24). The number of nitrogens with zero attached hydrogens (tertiary/aromatic N) is 2. The van der Waals surface area contributed by atoms with E-state index in [0.29, 0.717) is 6.42 Å². The third-order valence-electron chi connectivity index (χ3n) is 3.20. The molecule has 0 aliphatic carbocycles. The maximum absolute atomic E-state index is 12.9. The quantitative estimate of drug-likeness (QED) is 0.778. The van der Waals surface area contributed by atoms with Gasteiger partial charge in [0.05, 0.1) is 12.2 Å². The summed E-state index contributed by atoms with van der Waals surface area (Å²) in [5, 5.41) is 8.29. The predicted octanol–water partition coefficient (Wildman–Crippen LogP) is 2.33. The summed E-state index contributed by atoms with van der Waals surface area (Å²) in [5.41, 5.74) is -1.80. The molecule has 25 heavy (non-hydrogen) atoms. The van der Waals surface area contributed by atoms with E-state index in [1.807, 2.05) is 13.8 Å². The SMILES string of the molecule is CCOC(=O)NC(CNC(=O)c1cn(C)nc1C(F)(F)F)CC(C)C. The molecule has 0 radical (unpaired) electrons. The van der Waals surface area contributed by atoms with E-state index in [0.717, 1.165) is 10.9 Å². The van der Waals surface area contributed by atoms with Crippen LogP contribution in [0.3, 0.4) is 0 Å². The zero-order chi connectivity index (χ0) is 19.2. The minimum atomic E-state index is -4.73. The third kappa shape index (κ3) is 6.63. The van der Waals surface area contributed by atoms with Crippen molar-refractivity contribution in [2.24, 2.45) is 13.0 Å². The molecular formula is C15H23F3N4O3. The van der Waals surface area contributed by atoms with Gasteiger partial charge in [0.15, 0.2) is 5.69 Å². The number of hydrogen-bond donors (Lipinski definition) is 2. The van der Waals surface area contributed by atoms with Gasteiger partial charge in [0, 0.05) is 25.8 Å². The molecule has 1 aromatic heterocycles. The van der Waals surface area contributed by atoms with Gasteiger partial charge in [0.2, 0.25) is 0 Å². The van der Waals surface area contributed by atoms with E-state index in [1.54, 1.807) is 6.92 Å². The molecule has 1 rings (SSSR count). The Morgan fingerprint density at radius 1 is 1.36 bits per heavy atom. The Balaban J connectivity index is 2.79. The van der Waals surface area contributed by atoms with Crippen LogP contribution in [0.5, 0.6) is 0 Å². The molecule has 0 saturated carbocycles. The number of alkyl carbamates (subject to hydrolysis) is 1. The number of carbonyl (C=O) groups is 2. The summed E-state index contributed by atoms with van der Waals surface area (Å²) in [6, 6.07) is -0.464. The first-order chi connectivity index (χ1) is 11.5. The molecule has 0 aliphatic heterocycles. The predicted molar refractivity (Wildman–Crippen MR) is 83.9 cm³/mol. The van der Waals surface area contributed by atoms with Crippen molar-refractivity contribution in [3.63, 3.8) is 0 Å². The molecule has 0 fully saturated rings. The molecule has 1 atom stereocenters. The van der Waals surface area contributed by atoms with Crippen LogP contribution in [0, 0.1) is 5.92 Å². The van der Waals surface area contributed by atoms with Gasteiger partial charge in [-0.1, -0.05) is 13.8 Å².